The Balaban J connectivity index is 1.48. The minimum Gasteiger partial charge on any atom is -0.299 e. The van der Waals surface area contributed by atoms with Gasteiger partial charge in [0.2, 0.25) is 0 Å². The number of benzene rings is 1. The molecule has 0 spiro atoms. The summed E-state index contributed by atoms with van der Waals surface area (Å²) in [7, 11) is 0. The Morgan fingerprint density at radius 2 is 1.91 bits per heavy atom. The molecule has 0 amide bonds. The second-order valence-corrected chi connectivity index (χ2v) is 11.0. The number of nitrogens with one attached hydrogen (secondary N) is 1. The number of nitriles is 1. The van der Waals surface area contributed by atoms with Crippen LogP contribution >= 0.6 is 0 Å². The van der Waals surface area contributed by atoms with Crippen LogP contribution in [-0.2, 0) is 6.54 Å². The normalized spacial score (nSPS) is 23.7. The van der Waals surface area contributed by atoms with E-state index in [1.165, 1.54) is 56.1 Å². The first-order valence-corrected chi connectivity index (χ1v) is 13.5. The zero-order chi connectivity index (χ0) is 24.4. The van der Waals surface area contributed by atoms with Crippen LogP contribution in [-0.4, -0.2) is 11.0 Å². The number of nitrogens with zero attached hydrogens (tertiary/aromatic N) is 2. The van der Waals surface area contributed by atoms with Crippen molar-refractivity contribution in [2.75, 3.05) is 0 Å². The molecule has 180 valence electrons. The third-order valence-electron chi connectivity index (χ3n) is 8.65. The van der Waals surface area contributed by atoms with Crippen LogP contribution in [0, 0.1) is 48.4 Å². The molecule has 2 fully saturated rings. The van der Waals surface area contributed by atoms with E-state index < -0.39 is 0 Å². The van der Waals surface area contributed by atoms with E-state index >= 15 is 0 Å². The summed E-state index contributed by atoms with van der Waals surface area (Å²) in [4.78, 5) is 4.91. The molecule has 3 nitrogen and oxygen atoms in total. The van der Waals surface area contributed by atoms with Crippen LogP contribution in [0.5, 0.6) is 0 Å². The van der Waals surface area contributed by atoms with Gasteiger partial charge in [-0.2, -0.15) is 5.26 Å². The van der Waals surface area contributed by atoms with Crippen LogP contribution in [0.15, 0.2) is 36.5 Å². The number of hydrogen-bond donors (Lipinski definition) is 1. The van der Waals surface area contributed by atoms with Crippen molar-refractivity contribution in [3.8, 4) is 18.4 Å². The first-order valence-electron chi connectivity index (χ1n) is 13.5. The van der Waals surface area contributed by atoms with Gasteiger partial charge in [0.15, 0.2) is 0 Å². The minimum absolute atomic E-state index is 0.155. The molecule has 5 rings (SSSR count). The SMILES string of the molecule is C#CC(NCc1ccc(C2=C(C#N)c3cc(C)ccc3C(C)C(C3CCCCC3)C2)nc1)C1CC1. The van der Waals surface area contributed by atoms with Crippen molar-refractivity contribution in [1.29, 1.82) is 5.26 Å². The lowest BCUT2D eigenvalue weighted by molar-refractivity contribution is 0.225. The predicted octanol–water partition coefficient (Wildman–Crippen LogP) is 7.03. The van der Waals surface area contributed by atoms with Crippen molar-refractivity contribution in [3.05, 3.63) is 64.5 Å². The van der Waals surface area contributed by atoms with Gasteiger partial charge >= 0.3 is 0 Å². The summed E-state index contributed by atoms with van der Waals surface area (Å²) in [6.45, 7) is 5.23. The van der Waals surface area contributed by atoms with Gasteiger partial charge in [-0.25, -0.2) is 0 Å². The molecular formula is C32H37N3. The quantitative estimate of drug-likeness (QED) is 0.468. The summed E-state index contributed by atoms with van der Waals surface area (Å²) < 4.78 is 0. The summed E-state index contributed by atoms with van der Waals surface area (Å²) >= 11 is 0. The number of fused-ring (bicyclic) bond motifs is 1. The molecule has 1 aromatic carbocycles. The van der Waals surface area contributed by atoms with Gasteiger partial charge < -0.3 is 0 Å². The second-order valence-electron chi connectivity index (χ2n) is 11.0. The smallest absolute Gasteiger partial charge is 0.100 e. The highest BCUT2D eigenvalue weighted by atomic mass is 14.9. The van der Waals surface area contributed by atoms with Crippen LogP contribution in [0.4, 0.5) is 0 Å². The lowest BCUT2D eigenvalue weighted by Gasteiger charge is -2.34. The van der Waals surface area contributed by atoms with Gasteiger partial charge in [0, 0.05) is 12.7 Å². The van der Waals surface area contributed by atoms with E-state index in [2.05, 4.69) is 61.5 Å². The Morgan fingerprint density at radius 1 is 1.11 bits per heavy atom. The highest BCUT2D eigenvalue weighted by Gasteiger charge is 2.35. The molecule has 35 heavy (non-hydrogen) atoms. The average molecular weight is 464 g/mol. The average Bonchev–Trinajstić information content (AvgIpc) is 3.73. The van der Waals surface area contributed by atoms with Crippen molar-refractivity contribution in [1.82, 2.24) is 10.3 Å². The molecule has 3 unspecified atom stereocenters. The van der Waals surface area contributed by atoms with Gasteiger partial charge in [0.25, 0.3) is 0 Å². The number of rotatable bonds is 6. The van der Waals surface area contributed by atoms with E-state index in [0.29, 0.717) is 23.7 Å². The first-order chi connectivity index (χ1) is 17.1. The zero-order valence-electron chi connectivity index (χ0n) is 21.2. The molecule has 1 N–H and O–H groups in total. The number of hydrogen-bond acceptors (Lipinski definition) is 3. The largest absolute Gasteiger partial charge is 0.299 e. The van der Waals surface area contributed by atoms with Crippen LogP contribution in [0.25, 0.3) is 11.1 Å². The highest BCUT2D eigenvalue weighted by Crippen LogP contribution is 2.48. The Bertz CT molecular complexity index is 1170. The number of allylic oxidation sites excluding steroid dienone is 2. The summed E-state index contributed by atoms with van der Waals surface area (Å²) in [5.41, 5.74) is 7.67. The molecule has 3 heteroatoms. The number of aromatic nitrogens is 1. The lowest BCUT2D eigenvalue weighted by atomic mass is 9.70. The van der Waals surface area contributed by atoms with E-state index in [4.69, 9.17) is 11.4 Å². The topological polar surface area (TPSA) is 48.7 Å². The van der Waals surface area contributed by atoms with E-state index in [1.54, 1.807) is 0 Å². The van der Waals surface area contributed by atoms with Gasteiger partial charge in [0.1, 0.15) is 6.07 Å². The standard InChI is InChI=1S/C32H37N3/c1-4-31(25-12-13-25)34-19-23-11-15-32(35-20-23)29-17-27(24-8-6-5-7-9-24)22(3)26-14-10-21(2)16-28(26)30(29)18-33/h1,10-11,14-16,20,22,24-25,27,31,34H,5-9,12-13,17,19H2,2-3H3. The lowest BCUT2D eigenvalue weighted by Crippen LogP contribution is -2.28. The molecule has 3 aliphatic carbocycles. The fourth-order valence-electron chi connectivity index (χ4n) is 6.42. The summed E-state index contributed by atoms with van der Waals surface area (Å²) in [6, 6.07) is 13.7. The number of terminal acetylenes is 1. The molecule has 3 aliphatic rings. The molecule has 2 aromatic rings. The van der Waals surface area contributed by atoms with E-state index in [9.17, 15) is 5.26 Å². The Morgan fingerprint density at radius 3 is 2.57 bits per heavy atom. The maximum atomic E-state index is 10.4. The fraction of sp³-hybridized carbons (Fsp3) is 0.500. The summed E-state index contributed by atoms with van der Waals surface area (Å²) in [5.74, 6) is 5.21. The fourth-order valence-corrected chi connectivity index (χ4v) is 6.42. The number of aryl methyl sites for hydroxylation is 1. The van der Waals surface area contributed by atoms with Crippen LogP contribution in [0.1, 0.15) is 92.2 Å². The molecule has 2 saturated carbocycles. The van der Waals surface area contributed by atoms with Crippen molar-refractivity contribution in [2.24, 2.45) is 17.8 Å². The van der Waals surface area contributed by atoms with E-state index in [1.807, 2.05) is 6.20 Å². The Labute approximate surface area is 211 Å². The zero-order valence-corrected chi connectivity index (χ0v) is 21.2. The van der Waals surface area contributed by atoms with Crippen LogP contribution < -0.4 is 5.32 Å². The molecule has 0 radical (unpaired) electrons. The monoisotopic (exact) mass is 463 g/mol. The minimum atomic E-state index is 0.155. The van der Waals surface area contributed by atoms with E-state index in [-0.39, 0.29) is 6.04 Å². The van der Waals surface area contributed by atoms with Crippen LogP contribution in [0.3, 0.4) is 0 Å². The molecule has 1 aromatic heterocycles. The van der Waals surface area contributed by atoms with Crippen LogP contribution in [0.2, 0.25) is 0 Å². The van der Waals surface area contributed by atoms with Crippen molar-refractivity contribution >= 4 is 11.1 Å². The highest BCUT2D eigenvalue weighted by molar-refractivity contribution is 5.98. The third-order valence-corrected chi connectivity index (χ3v) is 8.65. The first kappa shape index (κ1) is 23.8. The Hall–Kier alpha value is -2.88. The van der Waals surface area contributed by atoms with Gasteiger partial charge in [-0.05, 0) is 78.2 Å². The molecular weight excluding hydrogens is 426 g/mol. The Kier molecular flexibility index (Phi) is 7.08. The summed E-state index contributed by atoms with van der Waals surface area (Å²) in [6.07, 6.45) is 17.7. The summed E-state index contributed by atoms with van der Waals surface area (Å²) in [5, 5.41) is 13.9. The maximum Gasteiger partial charge on any atom is 0.100 e. The molecule has 3 atom stereocenters. The van der Waals surface area contributed by atoms with Gasteiger partial charge in [-0.3, -0.25) is 10.3 Å². The van der Waals surface area contributed by atoms with E-state index in [0.717, 1.165) is 40.9 Å². The van der Waals surface area contributed by atoms with Crippen molar-refractivity contribution in [3.63, 3.8) is 0 Å². The van der Waals surface area contributed by atoms with Gasteiger partial charge in [0.05, 0.1) is 17.3 Å². The van der Waals surface area contributed by atoms with Gasteiger partial charge in [-0.1, -0.05) is 74.8 Å². The van der Waals surface area contributed by atoms with Gasteiger partial charge in [-0.15, -0.1) is 6.42 Å². The maximum absolute atomic E-state index is 10.4. The number of pyridine rings is 1. The molecule has 0 aliphatic heterocycles. The van der Waals surface area contributed by atoms with Crippen molar-refractivity contribution < 1.29 is 0 Å². The predicted molar refractivity (Wildman–Crippen MR) is 143 cm³/mol. The molecule has 0 bridgehead atoms. The van der Waals surface area contributed by atoms with Crippen molar-refractivity contribution in [2.45, 2.75) is 83.7 Å². The molecule has 0 saturated heterocycles. The second kappa shape index (κ2) is 10.4. The molecule has 1 heterocycles. The third kappa shape index (κ3) is 5.07.